The van der Waals surface area contributed by atoms with Crippen molar-refractivity contribution in [2.45, 2.75) is 9.81 Å². The van der Waals surface area contributed by atoms with E-state index in [9.17, 15) is 17.9 Å². The molecule has 1 aromatic heterocycles. The number of hydrogen-bond donors (Lipinski definition) is 1. The zero-order valence-electron chi connectivity index (χ0n) is 10.3. The quantitative estimate of drug-likeness (QED) is 0.813. The van der Waals surface area contributed by atoms with E-state index in [2.05, 4.69) is 15.9 Å². The van der Waals surface area contributed by atoms with Crippen molar-refractivity contribution >= 4 is 37.1 Å². The topological polar surface area (TPSA) is 54.4 Å². The van der Waals surface area contributed by atoms with Gasteiger partial charge >= 0.3 is 0 Å². The Labute approximate surface area is 129 Å². The molecule has 0 saturated heterocycles. The van der Waals surface area contributed by atoms with Crippen LogP contribution in [0.3, 0.4) is 0 Å². The lowest BCUT2D eigenvalue weighted by Gasteiger charge is -2.26. The summed E-state index contributed by atoms with van der Waals surface area (Å²) in [6.45, 7) is 0. The summed E-state index contributed by atoms with van der Waals surface area (Å²) in [5.74, 6) is -1.02. The Kier molecular flexibility index (Phi) is 4.63. The van der Waals surface area contributed by atoms with Gasteiger partial charge in [0.2, 0.25) is 0 Å². The van der Waals surface area contributed by atoms with Crippen LogP contribution in [0.4, 0.5) is 4.39 Å². The molecule has 0 fully saturated rings. The molecule has 0 radical (unpaired) electrons. The Hall–Kier alpha value is -0.760. The van der Waals surface area contributed by atoms with Crippen molar-refractivity contribution in [1.29, 1.82) is 0 Å². The van der Waals surface area contributed by atoms with E-state index in [1.165, 1.54) is 24.3 Å². The van der Waals surface area contributed by atoms with Gasteiger partial charge < -0.3 is 5.11 Å². The summed E-state index contributed by atoms with van der Waals surface area (Å²) >= 11 is 4.21. The minimum Gasteiger partial charge on any atom is -0.383 e. The highest BCUT2D eigenvalue weighted by molar-refractivity contribution is 9.09. The van der Waals surface area contributed by atoms with Gasteiger partial charge in [0.1, 0.15) is 15.6 Å². The van der Waals surface area contributed by atoms with Crippen molar-refractivity contribution < 1.29 is 17.9 Å². The Morgan fingerprint density at radius 3 is 2.60 bits per heavy atom. The van der Waals surface area contributed by atoms with Crippen LogP contribution in [0.5, 0.6) is 0 Å². The van der Waals surface area contributed by atoms with Crippen LogP contribution in [0.25, 0.3) is 0 Å². The highest BCUT2D eigenvalue weighted by atomic mass is 79.9. The van der Waals surface area contributed by atoms with Gasteiger partial charge in [-0.25, -0.2) is 12.8 Å². The van der Waals surface area contributed by atoms with Gasteiger partial charge in [0.15, 0.2) is 9.84 Å². The van der Waals surface area contributed by atoms with E-state index in [0.717, 1.165) is 17.4 Å². The molecular formula is C13H12BrFO3S2. The van der Waals surface area contributed by atoms with E-state index in [0.29, 0.717) is 0 Å². The first-order valence-corrected chi connectivity index (χ1v) is 9.33. The molecule has 1 atom stereocenters. The fourth-order valence-corrected chi connectivity index (χ4v) is 5.29. The first kappa shape index (κ1) is 15.6. The van der Waals surface area contributed by atoms with E-state index in [1.807, 2.05) is 0 Å². The monoisotopic (exact) mass is 378 g/mol. The zero-order valence-corrected chi connectivity index (χ0v) is 13.5. The van der Waals surface area contributed by atoms with Crippen LogP contribution in [-0.2, 0) is 15.4 Å². The second-order valence-corrected chi connectivity index (χ2v) is 8.09. The van der Waals surface area contributed by atoms with Crippen molar-refractivity contribution in [1.82, 2.24) is 0 Å². The minimum atomic E-state index is -3.63. The lowest BCUT2D eigenvalue weighted by Crippen LogP contribution is -2.36. The maximum atomic E-state index is 13.3. The normalized spacial score (nSPS) is 14.9. The van der Waals surface area contributed by atoms with Gasteiger partial charge in [-0.15, -0.1) is 11.3 Å². The van der Waals surface area contributed by atoms with Crippen LogP contribution in [0, 0.1) is 5.82 Å². The van der Waals surface area contributed by atoms with E-state index >= 15 is 0 Å². The molecule has 0 aliphatic rings. The van der Waals surface area contributed by atoms with Crippen molar-refractivity contribution in [3.05, 3.63) is 53.2 Å². The highest BCUT2D eigenvalue weighted by Gasteiger charge is 2.35. The molecule has 0 bridgehead atoms. The summed E-state index contributed by atoms with van der Waals surface area (Å²) in [5.41, 5.74) is -1.44. The fraction of sp³-hybridized carbons (Fsp3) is 0.231. The van der Waals surface area contributed by atoms with E-state index in [-0.39, 0.29) is 15.1 Å². The fourth-order valence-electron chi connectivity index (χ4n) is 1.80. The standard InChI is InChI=1S/C13H12BrFO3S2/c14-8-13(16,10-3-1-4-11(15)7-10)9-20(17,18)12-5-2-6-19-12/h1-7,16H,8-9H2. The van der Waals surface area contributed by atoms with Crippen LogP contribution in [0.1, 0.15) is 5.56 Å². The third-order valence-electron chi connectivity index (χ3n) is 2.81. The first-order chi connectivity index (χ1) is 9.37. The van der Waals surface area contributed by atoms with Crippen LogP contribution in [0.2, 0.25) is 0 Å². The van der Waals surface area contributed by atoms with E-state index < -0.39 is 27.0 Å². The maximum Gasteiger partial charge on any atom is 0.190 e. The second-order valence-electron chi connectivity index (χ2n) is 4.37. The molecule has 1 unspecified atom stereocenters. The Balaban J connectivity index is 2.38. The van der Waals surface area contributed by atoms with Crippen LogP contribution >= 0.6 is 27.3 Å². The lowest BCUT2D eigenvalue weighted by molar-refractivity contribution is 0.0883. The Morgan fingerprint density at radius 2 is 2.05 bits per heavy atom. The second kappa shape index (κ2) is 5.93. The summed E-state index contributed by atoms with van der Waals surface area (Å²) in [7, 11) is -3.63. The summed E-state index contributed by atoms with van der Waals surface area (Å²) < 4.78 is 38.0. The largest absolute Gasteiger partial charge is 0.383 e. The summed E-state index contributed by atoms with van der Waals surface area (Å²) in [4.78, 5) is 0. The Morgan fingerprint density at radius 1 is 1.30 bits per heavy atom. The van der Waals surface area contributed by atoms with Gasteiger partial charge in [0.05, 0.1) is 5.75 Å². The maximum absolute atomic E-state index is 13.3. The van der Waals surface area contributed by atoms with Crippen LogP contribution in [0.15, 0.2) is 46.0 Å². The predicted molar refractivity (Wildman–Crippen MR) is 80.5 cm³/mol. The molecule has 2 rings (SSSR count). The zero-order chi connectivity index (χ0) is 14.8. The predicted octanol–water partition coefficient (Wildman–Crippen LogP) is 2.94. The van der Waals surface area contributed by atoms with Gasteiger partial charge in [0.25, 0.3) is 0 Å². The molecule has 0 aliphatic carbocycles. The number of sulfone groups is 1. The van der Waals surface area contributed by atoms with Gasteiger partial charge in [-0.2, -0.15) is 0 Å². The highest BCUT2D eigenvalue weighted by Crippen LogP contribution is 2.29. The molecule has 7 heteroatoms. The molecule has 20 heavy (non-hydrogen) atoms. The number of alkyl halides is 1. The molecule has 3 nitrogen and oxygen atoms in total. The van der Waals surface area contributed by atoms with Crippen LogP contribution in [-0.4, -0.2) is 24.6 Å². The van der Waals surface area contributed by atoms with Crippen molar-refractivity contribution in [2.24, 2.45) is 0 Å². The number of hydrogen-bond acceptors (Lipinski definition) is 4. The number of halogens is 2. The summed E-state index contributed by atoms with van der Waals surface area (Å²) in [5, 5.41) is 12.2. The summed E-state index contributed by atoms with van der Waals surface area (Å²) in [6.07, 6.45) is 0. The molecule has 1 aromatic carbocycles. The molecule has 2 aromatic rings. The third-order valence-corrected chi connectivity index (χ3v) is 7.06. The van der Waals surface area contributed by atoms with Crippen molar-refractivity contribution in [3.63, 3.8) is 0 Å². The molecule has 0 saturated carbocycles. The van der Waals surface area contributed by atoms with E-state index in [4.69, 9.17) is 0 Å². The van der Waals surface area contributed by atoms with Gasteiger partial charge in [-0.05, 0) is 29.1 Å². The number of rotatable bonds is 5. The van der Waals surface area contributed by atoms with Crippen LogP contribution < -0.4 is 0 Å². The number of aliphatic hydroxyl groups is 1. The Bertz CT molecular complexity index is 685. The van der Waals surface area contributed by atoms with Crippen molar-refractivity contribution in [2.75, 3.05) is 11.1 Å². The first-order valence-electron chi connectivity index (χ1n) is 5.68. The average Bonchev–Trinajstić information content (AvgIpc) is 2.93. The molecule has 1 N–H and O–H groups in total. The van der Waals surface area contributed by atoms with Crippen molar-refractivity contribution in [3.8, 4) is 0 Å². The summed E-state index contributed by atoms with van der Waals surface area (Å²) in [6, 6.07) is 8.45. The molecule has 0 amide bonds. The lowest BCUT2D eigenvalue weighted by atomic mass is 9.98. The minimum absolute atomic E-state index is 0.00589. The molecule has 108 valence electrons. The molecule has 1 heterocycles. The SMILES string of the molecule is O=S(=O)(CC(O)(CBr)c1cccc(F)c1)c1cccs1. The van der Waals surface area contributed by atoms with Gasteiger partial charge in [-0.1, -0.05) is 34.1 Å². The van der Waals surface area contributed by atoms with E-state index in [1.54, 1.807) is 11.4 Å². The smallest absolute Gasteiger partial charge is 0.190 e. The molecular weight excluding hydrogens is 367 g/mol. The molecule has 0 aliphatic heterocycles. The van der Waals surface area contributed by atoms with Gasteiger partial charge in [0, 0.05) is 5.33 Å². The number of thiophene rings is 1. The third kappa shape index (κ3) is 3.28. The molecule has 0 spiro atoms. The average molecular weight is 379 g/mol. The number of benzene rings is 1. The van der Waals surface area contributed by atoms with Gasteiger partial charge in [-0.3, -0.25) is 0 Å².